The van der Waals surface area contributed by atoms with Gasteiger partial charge in [0.1, 0.15) is 17.8 Å². The van der Waals surface area contributed by atoms with Crippen LogP contribution >= 0.6 is 0 Å². The minimum atomic E-state index is -3.85. The normalized spacial score (nSPS) is 15.9. The quantitative estimate of drug-likeness (QED) is 0.390. The molecule has 1 amide bonds. The van der Waals surface area contributed by atoms with Crippen LogP contribution in [0.1, 0.15) is 74.3 Å². The highest BCUT2D eigenvalue weighted by atomic mass is 32.2. The van der Waals surface area contributed by atoms with Gasteiger partial charge in [-0.3, -0.25) is 9.59 Å². The molecule has 2 saturated carbocycles. The number of carbonyl (C=O) groups excluding carboxylic acids is 1. The Bertz CT molecular complexity index is 1160. The number of aliphatic carboxylic acids is 1. The van der Waals surface area contributed by atoms with E-state index in [1.807, 2.05) is 0 Å². The minimum absolute atomic E-state index is 0.0145. The van der Waals surface area contributed by atoms with E-state index in [-0.39, 0.29) is 23.6 Å². The second-order valence-corrected chi connectivity index (χ2v) is 11.2. The number of nitrogens with one attached hydrogen (secondary N) is 3. The SMILES string of the molecule is CC1CC1.Cc1cc(S(=O)(=O)NCCC(=O)O)ccc1NC(=O)c1cc(NC2CCCCC2)ncn1. The fraction of sp³-hybridized carbons (Fsp3) is 0.520. The summed E-state index contributed by atoms with van der Waals surface area (Å²) in [6.07, 6.45) is 9.74. The van der Waals surface area contributed by atoms with Gasteiger partial charge in [-0.1, -0.05) is 39.0 Å². The number of nitrogens with zero attached hydrogens (tertiary/aromatic N) is 2. The van der Waals surface area contributed by atoms with Crippen LogP contribution in [-0.2, 0) is 14.8 Å². The third kappa shape index (κ3) is 8.87. The topological polar surface area (TPSA) is 150 Å². The summed E-state index contributed by atoms with van der Waals surface area (Å²) in [5.74, 6) is 0.156. The van der Waals surface area contributed by atoms with Crippen LogP contribution in [-0.4, -0.2) is 48.0 Å². The zero-order chi connectivity index (χ0) is 26.1. The molecule has 1 aromatic heterocycles. The molecule has 0 saturated heterocycles. The molecule has 10 nitrogen and oxygen atoms in total. The molecule has 1 heterocycles. The highest BCUT2D eigenvalue weighted by molar-refractivity contribution is 7.89. The van der Waals surface area contributed by atoms with Crippen LogP contribution in [0, 0.1) is 12.8 Å². The molecule has 4 N–H and O–H groups in total. The van der Waals surface area contributed by atoms with Crippen LogP contribution in [0.5, 0.6) is 0 Å². The van der Waals surface area contributed by atoms with Gasteiger partial charge in [0, 0.05) is 24.3 Å². The zero-order valence-corrected chi connectivity index (χ0v) is 21.6. The number of hydrogen-bond donors (Lipinski definition) is 4. The first-order valence-corrected chi connectivity index (χ1v) is 13.8. The Hall–Kier alpha value is -3.05. The molecule has 4 rings (SSSR count). The molecular weight excluding hydrogens is 482 g/mol. The van der Waals surface area contributed by atoms with Crippen LogP contribution in [0.15, 0.2) is 35.5 Å². The fourth-order valence-electron chi connectivity index (χ4n) is 3.69. The van der Waals surface area contributed by atoms with Gasteiger partial charge < -0.3 is 15.7 Å². The molecule has 0 atom stereocenters. The Morgan fingerprint density at radius 3 is 2.36 bits per heavy atom. The maximum atomic E-state index is 12.7. The Kier molecular flexibility index (Phi) is 9.77. The lowest BCUT2D eigenvalue weighted by Crippen LogP contribution is -2.26. The van der Waals surface area contributed by atoms with Crippen molar-refractivity contribution in [2.45, 2.75) is 76.2 Å². The van der Waals surface area contributed by atoms with Gasteiger partial charge in [-0.25, -0.2) is 23.1 Å². The van der Waals surface area contributed by atoms with Crippen molar-refractivity contribution in [1.82, 2.24) is 14.7 Å². The van der Waals surface area contributed by atoms with Crippen LogP contribution < -0.4 is 15.4 Å². The van der Waals surface area contributed by atoms with E-state index >= 15 is 0 Å². The van der Waals surface area contributed by atoms with E-state index in [9.17, 15) is 18.0 Å². The number of carboxylic acids is 1. The highest BCUT2D eigenvalue weighted by Crippen LogP contribution is 2.26. The van der Waals surface area contributed by atoms with Gasteiger partial charge in [0.2, 0.25) is 10.0 Å². The predicted octanol–water partition coefficient (Wildman–Crippen LogP) is 3.95. The molecule has 0 radical (unpaired) electrons. The summed E-state index contributed by atoms with van der Waals surface area (Å²) >= 11 is 0. The highest BCUT2D eigenvalue weighted by Gasteiger charge is 2.18. The van der Waals surface area contributed by atoms with E-state index in [2.05, 4.69) is 32.2 Å². The maximum absolute atomic E-state index is 12.7. The standard InChI is InChI=1S/C21H27N5O5S.C4H8/c1-14-11-16(32(30,31)24-10-9-20(27)28)7-8-17(14)26-21(29)18-12-19(23-13-22-18)25-15-5-3-2-4-6-15;1-4-2-3-4/h7-8,11-13,15,24H,2-6,9-10H2,1H3,(H,26,29)(H,27,28)(H,22,23,25);4H,2-3H2,1H3. The number of carbonyl (C=O) groups is 2. The van der Waals surface area contributed by atoms with Crippen LogP contribution in [0.4, 0.5) is 11.5 Å². The average Bonchev–Trinajstić information content (AvgIpc) is 3.63. The van der Waals surface area contributed by atoms with Crippen molar-refractivity contribution >= 4 is 33.4 Å². The summed E-state index contributed by atoms with van der Waals surface area (Å²) in [4.78, 5) is 31.5. The molecular formula is C25H35N5O5S. The number of aromatic nitrogens is 2. The number of carboxylic acid groups (broad SMARTS) is 1. The summed E-state index contributed by atoms with van der Waals surface area (Å²) in [5.41, 5.74) is 1.18. The predicted molar refractivity (Wildman–Crippen MR) is 137 cm³/mol. The van der Waals surface area contributed by atoms with Crippen LogP contribution in [0.3, 0.4) is 0 Å². The first-order chi connectivity index (χ1) is 17.1. The van der Waals surface area contributed by atoms with Crippen molar-refractivity contribution in [2.24, 2.45) is 5.92 Å². The van der Waals surface area contributed by atoms with Crippen molar-refractivity contribution in [1.29, 1.82) is 0 Å². The average molecular weight is 518 g/mol. The Labute approximate surface area is 212 Å². The third-order valence-corrected chi connectivity index (χ3v) is 7.57. The number of aryl methyl sites for hydroxylation is 1. The van der Waals surface area contributed by atoms with E-state index in [4.69, 9.17) is 5.11 Å². The Morgan fingerprint density at radius 2 is 1.75 bits per heavy atom. The van der Waals surface area contributed by atoms with Gasteiger partial charge >= 0.3 is 5.97 Å². The molecule has 11 heteroatoms. The summed E-state index contributed by atoms with van der Waals surface area (Å²) in [6, 6.07) is 6.19. The van der Waals surface area contributed by atoms with Gasteiger partial charge in [-0.15, -0.1) is 0 Å². The van der Waals surface area contributed by atoms with Gasteiger partial charge in [0.25, 0.3) is 5.91 Å². The molecule has 36 heavy (non-hydrogen) atoms. The molecule has 196 valence electrons. The molecule has 2 fully saturated rings. The van der Waals surface area contributed by atoms with Crippen LogP contribution in [0.25, 0.3) is 0 Å². The molecule has 0 bridgehead atoms. The number of benzene rings is 1. The minimum Gasteiger partial charge on any atom is -0.481 e. The fourth-order valence-corrected chi connectivity index (χ4v) is 4.81. The first-order valence-electron chi connectivity index (χ1n) is 12.4. The summed E-state index contributed by atoms with van der Waals surface area (Å²) in [6.45, 7) is 3.74. The summed E-state index contributed by atoms with van der Waals surface area (Å²) in [5, 5.41) is 14.8. The summed E-state index contributed by atoms with van der Waals surface area (Å²) in [7, 11) is -3.85. The van der Waals surface area contributed by atoms with Crippen molar-refractivity contribution < 1.29 is 23.1 Å². The van der Waals surface area contributed by atoms with Crippen molar-refractivity contribution in [3.05, 3.63) is 41.9 Å². The zero-order valence-electron chi connectivity index (χ0n) is 20.8. The lowest BCUT2D eigenvalue weighted by Gasteiger charge is -2.23. The van der Waals surface area contributed by atoms with E-state index < -0.39 is 21.9 Å². The number of hydrogen-bond acceptors (Lipinski definition) is 7. The van der Waals surface area contributed by atoms with E-state index in [0.29, 0.717) is 23.1 Å². The van der Waals surface area contributed by atoms with Gasteiger partial charge in [-0.2, -0.15) is 0 Å². The van der Waals surface area contributed by atoms with Gasteiger partial charge in [0.15, 0.2) is 0 Å². The van der Waals surface area contributed by atoms with Crippen LogP contribution in [0.2, 0.25) is 0 Å². The third-order valence-electron chi connectivity index (χ3n) is 6.11. The van der Waals surface area contributed by atoms with E-state index in [1.165, 1.54) is 56.6 Å². The molecule has 0 aliphatic heterocycles. The monoisotopic (exact) mass is 517 g/mol. The Morgan fingerprint density at radius 1 is 1.06 bits per heavy atom. The smallest absolute Gasteiger partial charge is 0.304 e. The largest absolute Gasteiger partial charge is 0.481 e. The molecule has 2 aromatic rings. The molecule has 1 aromatic carbocycles. The molecule has 0 unspecified atom stereocenters. The lowest BCUT2D eigenvalue weighted by atomic mass is 9.95. The lowest BCUT2D eigenvalue weighted by molar-refractivity contribution is -0.136. The number of sulfonamides is 1. The molecule has 2 aliphatic carbocycles. The maximum Gasteiger partial charge on any atom is 0.304 e. The number of rotatable bonds is 9. The van der Waals surface area contributed by atoms with Crippen molar-refractivity contribution in [2.75, 3.05) is 17.2 Å². The van der Waals surface area contributed by atoms with E-state index in [1.54, 1.807) is 13.0 Å². The Balaban J connectivity index is 0.000000819. The number of anilines is 2. The van der Waals surface area contributed by atoms with E-state index in [0.717, 1.165) is 18.8 Å². The first kappa shape index (κ1) is 27.5. The van der Waals surface area contributed by atoms with Gasteiger partial charge in [-0.05, 0) is 49.4 Å². The molecule has 2 aliphatic rings. The molecule has 0 spiro atoms. The van der Waals surface area contributed by atoms with Crippen molar-refractivity contribution in [3.8, 4) is 0 Å². The van der Waals surface area contributed by atoms with Gasteiger partial charge in [0.05, 0.1) is 11.3 Å². The summed E-state index contributed by atoms with van der Waals surface area (Å²) < 4.78 is 26.9. The second-order valence-electron chi connectivity index (χ2n) is 9.42. The second kappa shape index (κ2) is 12.8. The van der Waals surface area contributed by atoms with Crippen molar-refractivity contribution in [3.63, 3.8) is 0 Å². The number of amides is 1.